The maximum atomic E-state index is 13.3. The summed E-state index contributed by atoms with van der Waals surface area (Å²) < 4.78 is 26.1. The van der Waals surface area contributed by atoms with Crippen LogP contribution in [0.3, 0.4) is 0 Å². The van der Waals surface area contributed by atoms with Gasteiger partial charge in [0.05, 0.1) is 38.2 Å². The highest BCUT2D eigenvalue weighted by Crippen LogP contribution is 2.30. The van der Waals surface area contributed by atoms with E-state index >= 15 is 0 Å². The summed E-state index contributed by atoms with van der Waals surface area (Å²) in [5, 5.41) is 3.14. The minimum Gasteiger partial charge on any atom is -0.493 e. The highest BCUT2D eigenvalue weighted by Gasteiger charge is 2.14. The Morgan fingerprint density at radius 2 is 1.76 bits per heavy atom. The Kier molecular flexibility index (Phi) is 5.03. The van der Waals surface area contributed by atoms with E-state index < -0.39 is 0 Å². The first-order valence-corrected chi connectivity index (χ1v) is 9.14. The van der Waals surface area contributed by atoms with Crippen LogP contribution >= 0.6 is 0 Å². The number of hydrogen-bond donors (Lipinski definition) is 1. The minimum atomic E-state index is -0.272. The lowest BCUT2D eigenvalue weighted by Gasteiger charge is -2.12. The molecule has 0 saturated carbocycles. The molecule has 0 atom stereocenters. The summed E-state index contributed by atoms with van der Waals surface area (Å²) in [6.45, 7) is 0.583. The van der Waals surface area contributed by atoms with E-state index in [0.29, 0.717) is 18.0 Å². The molecule has 2 aromatic heterocycles. The number of methoxy groups -OCH3 is 2. The van der Waals surface area contributed by atoms with Crippen LogP contribution in [0.25, 0.3) is 22.3 Å². The van der Waals surface area contributed by atoms with E-state index in [1.54, 1.807) is 32.5 Å². The van der Waals surface area contributed by atoms with Crippen LogP contribution in [0, 0.1) is 5.82 Å². The molecule has 2 aromatic carbocycles. The van der Waals surface area contributed by atoms with Crippen molar-refractivity contribution in [2.75, 3.05) is 26.6 Å². The van der Waals surface area contributed by atoms with Gasteiger partial charge in [0.15, 0.2) is 11.5 Å². The first-order chi connectivity index (χ1) is 14.1. The van der Waals surface area contributed by atoms with E-state index in [0.717, 1.165) is 33.8 Å². The van der Waals surface area contributed by atoms with Gasteiger partial charge in [-0.25, -0.2) is 9.37 Å². The lowest BCUT2D eigenvalue weighted by Crippen LogP contribution is -2.05. The molecule has 4 aromatic rings. The van der Waals surface area contributed by atoms with E-state index in [2.05, 4.69) is 19.9 Å². The van der Waals surface area contributed by atoms with E-state index in [1.165, 1.54) is 12.1 Å². The summed E-state index contributed by atoms with van der Waals surface area (Å²) in [5.41, 5.74) is 4.35. The van der Waals surface area contributed by atoms with Crippen LogP contribution in [-0.2, 0) is 6.54 Å². The lowest BCUT2D eigenvalue weighted by molar-refractivity contribution is 0.354. The monoisotopic (exact) mass is 392 g/mol. The van der Waals surface area contributed by atoms with Crippen LogP contribution in [0.1, 0.15) is 5.56 Å². The summed E-state index contributed by atoms with van der Waals surface area (Å²) in [6, 6.07) is 14.1. The molecular formula is C22H21FN4O2. The minimum absolute atomic E-state index is 0.272. The molecule has 0 bridgehead atoms. The van der Waals surface area contributed by atoms with Gasteiger partial charge >= 0.3 is 0 Å². The molecule has 0 fully saturated rings. The quantitative estimate of drug-likeness (QED) is 0.529. The summed E-state index contributed by atoms with van der Waals surface area (Å²) >= 11 is 0. The van der Waals surface area contributed by atoms with E-state index in [1.807, 2.05) is 31.3 Å². The maximum Gasteiger partial charge on any atom is 0.203 e. The smallest absolute Gasteiger partial charge is 0.203 e. The zero-order valence-electron chi connectivity index (χ0n) is 16.4. The third-order valence-corrected chi connectivity index (χ3v) is 4.79. The molecule has 1 N–H and O–H groups in total. The van der Waals surface area contributed by atoms with Crippen molar-refractivity contribution in [3.05, 3.63) is 66.1 Å². The van der Waals surface area contributed by atoms with Gasteiger partial charge in [0.25, 0.3) is 0 Å². The van der Waals surface area contributed by atoms with Gasteiger partial charge in [-0.1, -0.05) is 6.07 Å². The molecule has 29 heavy (non-hydrogen) atoms. The Balaban J connectivity index is 1.78. The maximum absolute atomic E-state index is 13.3. The number of imidazole rings is 1. The molecule has 0 saturated heterocycles. The van der Waals surface area contributed by atoms with E-state index in [-0.39, 0.29) is 5.82 Å². The zero-order chi connectivity index (χ0) is 20.4. The Hall–Kier alpha value is -3.61. The molecule has 0 aliphatic rings. The van der Waals surface area contributed by atoms with Crippen molar-refractivity contribution in [2.24, 2.45) is 0 Å². The molecule has 0 unspecified atom stereocenters. The van der Waals surface area contributed by atoms with Crippen LogP contribution in [0.5, 0.6) is 11.5 Å². The number of pyridine rings is 1. The number of benzene rings is 2. The van der Waals surface area contributed by atoms with Gasteiger partial charge in [0, 0.05) is 12.6 Å². The number of anilines is 1. The van der Waals surface area contributed by atoms with Crippen molar-refractivity contribution in [3.8, 4) is 22.8 Å². The third-order valence-electron chi connectivity index (χ3n) is 4.79. The fourth-order valence-electron chi connectivity index (χ4n) is 3.32. The Labute approximate surface area is 167 Å². The molecule has 0 aliphatic carbocycles. The van der Waals surface area contributed by atoms with Crippen LogP contribution in [0.4, 0.5) is 10.3 Å². The second-order valence-electron chi connectivity index (χ2n) is 6.53. The molecule has 148 valence electrons. The molecule has 0 aliphatic heterocycles. The average Bonchev–Trinajstić information content (AvgIpc) is 3.11. The van der Waals surface area contributed by atoms with Crippen LogP contribution in [0.2, 0.25) is 0 Å². The van der Waals surface area contributed by atoms with Crippen molar-refractivity contribution in [1.82, 2.24) is 14.5 Å². The summed E-state index contributed by atoms with van der Waals surface area (Å²) in [6.07, 6.45) is 1.74. The van der Waals surface area contributed by atoms with Gasteiger partial charge in [-0.2, -0.15) is 0 Å². The number of nitrogens with one attached hydrogen (secondary N) is 1. The number of halogens is 1. The van der Waals surface area contributed by atoms with Gasteiger partial charge in [-0.15, -0.1) is 0 Å². The summed E-state index contributed by atoms with van der Waals surface area (Å²) in [4.78, 5) is 9.12. The van der Waals surface area contributed by atoms with Crippen LogP contribution in [-0.4, -0.2) is 35.8 Å². The van der Waals surface area contributed by atoms with Crippen molar-refractivity contribution in [3.63, 3.8) is 0 Å². The predicted octanol–water partition coefficient (Wildman–Crippen LogP) is 4.34. The Morgan fingerprint density at radius 3 is 2.45 bits per heavy atom. The lowest BCUT2D eigenvalue weighted by atomic mass is 10.1. The van der Waals surface area contributed by atoms with E-state index in [4.69, 9.17) is 9.47 Å². The molecule has 7 heteroatoms. The van der Waals surface area contributed by atoms with Crippen molar-refractivity contribution >= 4 is 17.0 Å². The summed E-state index contributed by atoms with van der Waals surface area (Å²) in [7, 11) is 5.07. The Morgan fingerprint density at radius 1 is 1.00 bits per heavy atom. The van der Waals surface area contributed by atoms with Crippen LogP contribution in [0.15, 0.2) is 54.7 Å². The fourth-order valence-corrected chi connectivity index (χ4v) is 3.32. The third kappa shape index (κ3) is 3.59. The fraction of sp³-hybridized carbons (Fsp3) is 0.182. The second-order valence-corrected chi connectivity index (χ2v) is 6.53. The number of aromatic nitrogens is 3. The van der Waals surface area contributed by atoms with Gasteiger partial charge in [0.2, 0.25) is 5.95 Å². The molecule has 0 spiro atoms. The highest BCUT2D eigenvalue weighted by molar-refractivity contribution is 5.82. The second kappa shape index (κ2) is 7.79. The van der Waals surface area contributed by atoms with Gasteiger partial charge in [-0.3, -0.25) is 4.98 Å². The average molecular weight is 392 g/mol. The zero-order valence-corrected chi connectivity index (χ0v) is 16.4. The van der Waals surface area contributed by atoms with E-state index in [9.17, 15) is 4.39 Å². The highest BCUT2D eigenvalue weighted by atomic mass is 19.1. The predicted molar refractivity (Wildman–Crippen MR) is 111 cm³/mol. The first-order valence-electron chi connectivity index (χ1n) is 9.14. The largest absolute Gasteiger partial charge is 0.493 e. The number of rotatable bonds is 6. The van der Waals surface area contributed by atoms with Gasteiger partial charge in [0.1, 0.15) is 11.3 Å². The number of nitrogens with zero attached hydrogens (tertiary/aromatic N) is 3. The van der Waals surface area contributed by atoms with Gasteiger partial charge in [-0.05, 0) is 48.0 Å². The number of hydrogen-bond acceptors (Lipinski definition) is 5. The first kappa shape index (κ1) is 18.7. The molecule has 6 nitrogen and oxygen atoms in total. The van der Waals surface area contributed by atoms with Crippen molar-refractivity contribution < 1.29 is 13.9 Å². The summed E-state index contributed by atoms with van der Waals surface area (Å²) in [5.74, 6) is 1.82. The van der Waals surface area contributed by atoms with Crippen molar-refractivity contribution in [2.45, 2.75) is 6.54 Å². The molecule has 0 radical (unpaired) electrons. The molecule has 0 amide bonds. The molecule has 4 rings (SSSR count). The number of fused-ring (bicyclic) bond motifs is 1. The SMILES string of the molecule is CNc1nc2cnc(-c3ccc(F)cc3)cc2n1Cc1ccc(OC)c(OC)c1. The molecular weight excluding hydrogens is 371 g/mol. The molecule has 2 heterocycles. The van der Waals surface area contributed by atoms with Crippen molar-refractivity contribution in [1.29, 1.82) is 0 Å². The topological polar surface area (TPSA) is 61.2 Å². The normalized spacial score (nSPS) is 10.9. The Bertz CT molecular complexity index is 1160. The number of ether oxygens (including phenoxy) is 2. The standard InChI is InChI=1S/C22H21FN4O2/c1-24-22-26-18-12-25-17(15-5-7-16(23)8-6-15)11-19(18)27(22)13-14-4-9-20(28-2)21(10-14)29-3/h4-12H,13H2,1-3H3,(H,24,26). The van der Waals surface area contributed by atoms with Gasteiger partial charge < -0.3 is 19.4 Å². The van der Waals surface area contributed by atoms with Crippen LogP contribution < -0.4 is 14.8 Å².